The van der Waals surface area contributed by atoms with Crippen LogP contribution < -0.4 is 11.5 Å². The van der Waals surface area contributed by atoms with Crippen LogP contribution in [0.25, 0.3) is 0 Å². The molecule has 2 aromatic rings. The fourth-order valence-electron chi connectivity index (χ4n) is 2.28. The first-order valence-corrected chi connectivity index (χ1v) is 7.84. The first kappa shape index (κ1) is 23.3. The minimum Gasteiger partial charge on any atom is -0.506 e. The SMILES string of the molecule is CC(C)(c1ccc(O)c(N)c1)c1ccc(O)c(N)c1.FC(F)(F)CC(F)(F)F. The number of hydrogen-bond acceptors (Lipinski definition) is 4. The zero-order chi connectivity index (χ0) is 21.9. The Morgan fingerprint density at radius 3 is 1.25 bits per heavy atom. The van der Waals surface area contributed by atoms with E-state index in [1.807, 2.05) is 26.0 Å². The van der Waals surface area contributed by atoms with Gasteiger partial charge >= 0.3 is 12.4 Å². The summed E-state index contributed by atoms with van der Waals surface area (Å²) in [6.45, 7) is 4.06. The number of rotatable bonds is 2. The third-order valence-electron chi connectivity index (χ3n) is 3.90. The average Bonchev–Trinajstić information content (AvgIpc) is 2.49. The van der Waals surface area contributed by atoms with Crippen molar-refractivity contribution in [2.45, 2.75) is 38.0 Å². The fourth-order valence-corrected chi connectivity index (χ4v) is 2.28. The molecule has 0 heterocycles. The van der Waals surface area contributed by atoms with E-state index in [0.29, 0.717) is 11.4 Å². The Morgan fingerprint density at radius 1 is 0.714 bits per heavy atom. The molecule has 2 rings (SSSR count). The Morgan fingerprint density at radius 2 is 1.04 bits per heavy atom. The average molecular weight is 410 g/mol. The van der Waals surface area contributed by atoms with E-state index in [9.17, 15) is 36.6 Å². The summed E-state index contributed by atoms with van der Waals surface area (Å²) in [4.78, 5) is 0. The van der Waals surface area contributed by atoms with E-state index in [-0.39, 0.29) is 16.9 Å². The third-order valence-corrected chi connectivity index (χ3v) is 3.90. The van der Waals surface area contributed by atoms with Gasteiger partial charge in [-0.25, -0.2) is 0 Å². The number of phenolic OH excluding ortho intramolecular Hbond substituents is 2. The van der Waals surface area contributed by atoms with Crippen LogP contribution in [0.5, 0.6) is 11.5 Å². The molecule has 0 bridgehead atoms. The number of anilines is 2. The summed E-state index contributed by atoms with van der Waals surface area (Å²) in [7, 11) is 0. The molecule has 0 aliphatic rings. The number of hydrogen-bond donors (Lipinski definition) is 4. The molecule has 0 radical (unpaired) electrons. The highest BCUT2D eigenvalue weighted by molar-refractivity contribution is 5.59. The molecule has 0 saturated heterocycles. The molecule has 0 aliphatic carbocycles. The molecule has 2 aromatic carbocycles. The zero-order valence-corrected chi connectivity index (χ0v) is 15.0. The van der Waals surface area contributed by atoms with Crippen molar-refractivity contribution in [2.24, 2.45) is 0 Å². The predicted octanol–water partition coefficient (Wildman–Crippen LogP) is 5.09. The third kappa shape index (κ3) is 6.75. The maximum Gasteiger partial charge on any atom is 0.397 e. The van der Waals surface area contributed by atoms with Gasteiger partial charge in [0.15, 0.2) is 0 Å². The maximum absolute atomic E-state index is 10.8. The summed E-state index contributed by atoms with van der Waals surface area (Å²) in [5.74, 6) is 0.148. The van der Waals surface area contributed by atoms with E-state index in [1.54, 1.807) is 24.3 Å². The molecule has 0 atom stereocenters. The van der Waals surface area contributed by atoms with Crippen molar-refractivity contribution in [3.63, 3.8) is 0 Å². The summed E-state index contributed by atoms with van der Waals surface area (Å²) >= 11 is 0. The van der Waals surface area contributed by atoms with Crippen molar-refractivity contribution in [2.75, 3.05) is 11.5 Å². The number of alkyl halides is 6. The van der Waals surface area contributed by atoms with Gasteiger partial charge in [0.05, 0.1) is 11.4 Å². The van der Waals surface area contributed by atoms with Crippen LogP contribution in [-0.2, 0) is 5.41 Å². The number of aromatic hydroxyl groups is 2. The van der Waals surface area contributed by atoms with Gasteiger partial charge in [0.2, 0.25) is 0 Å². The van der Waals surface area contributed by atoms with Crippen LogP contribution in [0, 0.1) is 0 Å². The van der Waals surface area contributed by atoms with Crippen LogP contribution in [0.3, 0.4) is 0 Å². The highest BCUT2D eigenvalue weighted by Gasteiger charge is 2.43. The van der Waals surface area contributed by atoms with Crippen LogP contribution in [-0.4, -0.2) is 22.6 Å². The normalized spacial score (nSPS) is 12.3. The summed E-state index contributed by atoms with van der Waals surface area (Å²) in [6.07, 6.45) is -13.0. The molecule has 10 heteroatoms. The van der Waals surface area contributed by atoms with Crippen molar-refractivity contribution in [1.29, 1.82) is 0 Å². The van der Waals surface area contributed by atoms with Gasteiger partial charge in [-0.3, -0.25) is 0 Å². The van der Waals surface area contributed by atoms with E-state index in [4.69, 9.17) is 11.5 Å². The number of nitrogens with two attached hydrogens (primary N) is 2. The Hall–Kier alpha value is -2.78. The Bertz CT molecular complexity index is 751. The highest BCUT2D eigenvalue weighted by atomic mass is 19.4. The molecule has 0 amide bonds. The molecule has 0 aliphatic heterocycles. The lowest BCUT2D eigenvalue weighted by Crippen LogP contribution is -2.20. The van der Waals surface area contributed by atoms with Gasteiger partial charge in [-0.05, 0) is 35.4 Å². The van der Waals surface area contributed by atoms with E-state index in [0.717, 1.165) is 11.1 Å². The van der Waals surface area contributed by atoms with Gasteiger partial charge in [0, 0.05) is 5.41 Å². The van der Waals surface area contributed by atoms with Gasteiger partial charge in [0.1, 0.15) is 17.9 Å². The Balaban J connectivity index is 0.000000370. The summed E-state index contributed by atoms with van der Waals surface area (Å²) in [6, 6.07) is 10.3. The largest absolute Gasteiger partial charge is 0.506 e. The monoisotopic (exact) mass is 410 g/mol. The molecule has 4 nitrogen and oxygen atoms in total. The lowest BCUT2D eigenvalue weighted by atomic mass is 9.78. The van der Waals surface area contributed by atoms with E-state index in [1.165, 1.54) is 0 Å². The lowest BCUT2D eigenvalue weighted by Gasteiger charge is -2.27. The molecule has 0 saturated carbocycles. The second-order valence-corrected chi connectivity index (χ2v) is 6.58. The smallest absolute Gasteiger partial charge is 0.397 e. The van der Waals surface area contributed by atoms with Crippen LogP contribution in [0.2, 0.25) is 0 Å². The quantitative estimate of drug-likeness (QED) is 0.315. The Labute approximate surface area is 157 Å². The highest BCUT2D eigenvalue weighted by Crippen LogP contribution is 2.37. The van der Waals surface area contributed by atoms with Crippen molar-refractivity contribution in [3.8, 4) is 11.5 Å². The number of halogens is 6. The van der Waals surface area contributed by atoms with Gasteiger partial charge in [0.25, 0.3) is 0 Å². The molecule has 0 spiro atoms. The summed E-state index contributed by atoms with van der Waals surface area (Å²) < 4.78 is 65.0. The van der Waals surface area contributed by atoms with Crippen molar-refractivity contribution >= 4 is 11.4 Å². The lowest BCUT2D eigenvalue weighted by molar-refractivity contribution is -0.232. The summed E-state index contributed by atoms with van der Waals surface area (Å²) in [5, 5.41) is 19.0. The number of phenols is 2. The molecule has 28 heavy (non-hydrogen) atoms. The molecule has 0 fully saturated rings. The molecule has 0 unspecified atom stereocenters. The van der Waals surface area contributed by atoms with Crippen molar-refractivity contribution < 1.29 is 36.6 Å². The number of nitrogen functional groups attached to an aromatic ring is 2. The number of benzene rings is 2. The first-order valence-electron chi connectivity index (χ1n) is 7.84. The molecule has 6 N–H and O–H groups in total. The second-order valence-electron chi connectivity index (χ2n) is 6.58. The minimum absolute atomic E-state index is 0.0739. The van der Waals surface area contributed by atoms with Crippen molar-refractivity contribution in [1.82, 2.24) is 0 Å². The molecule has 0 aromatic heterocycles. The second kappa shape index (κ2) is 8.07. The summed E-state index contributed by atoms with van der Waals surface area (Å²) in [5.41, 5.74) is 13.8. The standard InChI is InChI=1S/C15H18N2O2.C3H2F6/c1-15(2,9-3-5-13(18)11(16)7-9)10-4-6-14(19)12(17)8-10;4-2(5,6)1-3(7,8)9/h3-8,18-19H,16-17H2,1-2H3;1H2. The van der Waals surface area contributed by atoms with E-state index in [2.05, 4.69) is 0 Å². The zero-order valence-electron chi connectivity index (χ0n) is 15.0. The predicted molar refractivity (Wildman–Crippen MR) is 93.9 cm³/mol. The van der Waals surface area contributed by atoms with Crippen molar-refractivity contribution in [3.05, 3.63) is 47.5 Å². The fraction of sp³-hybridized carbons (Fsp3) is 0.333. The van der Waals surface area contributed by atoms with E-state index >= 15 is 0 Å². The van der Waals surface area contributed by atoms with Gasteiger partial charge in [-0.2, -0.15) is 26.3 Å². The van der Waals surface area contributed by atoms with Gasteiger partial charge < -0.3 is 21.7 Å². The molecular weight excluding hydrogens is 390 g/mol. The molecule has 156 valence electrons. The molecular formula is C18H20F6N2O2. The van der Waals surface area contributed by atoms with E-state index < -0.39 is 18.8 Å². The van der Waals surface area contributed by atoms with Crippen LogP contribution in [0.15, 0.2) is 36.4 Å². The topological polar surface area (TPSA) is 92.5 Å². The minimum atomic E-state index is -5.14. The van der Waals surface area contributed by atoms with Gasteiger partial charge in [-0.15, -0.1) is 0 Å². The van der Waals surface area contributed by atoms with Crippen LogP contribution in [0.1, 0.15) is 31.4 Å². The van der Waals surface area contributed by atoms with Crippen LogP contribution in [0.4, 0.5) is 37.7 Å². The van der Waals surface area contributed by atoms with Gasteiger partial charge in [-0.1, -0.05) is 26.0 Å². The maximum atomic E-state index is 10.8. The Kier molecular flexibility index (Phi) is 6.71. The van der Waals surface area contributed by atoms with Crippen LogP contribution >= 0.6 is 0 Å². The first-order chi connectivity index (χ1) is 12.5.